The van der Waals surface area contributed by atoms with Gasteiger partial charge in [0.25, 0.3) is 5.91 Å². The molecule has 0 unspecified atom stereocenters. The average Bonchev–Trinajstić information content (AvgIpc) is 3.23. The maximum Gasteiger partial charge on any atom is 0.254 e. The van der Waals surface area contributed by atoms with Gasteiger partial charge in [-0.25, -0.2) is 0 Å². The maximum absolute atomic E-state index is 13.4. The number of aryl methyl sites for hydroxylation is 1. The van der Waals surface area contributed by atoms with Crippen molar-refractivity contribution < 1.29 is 19.5 Å². The topological polar surface area (TPSA) is 82.4 Å². The minimum absolute atomic E-state index is 0.0944. The van der Waals surface area contributed by atoms with Crippen LogP contribution in [-0.2, 0) is 9.63 Å². The zero-order valence-electron chi connectivity index (χ0n) is 18.5. The fourth-order valence-corrected chi connectivity index (χ4v) is 4.49. The van der Waals surface area contributed by atoms with Crippen molar-refractivity contribution in [3.8, 4) is 11.1 Å². The van der Waals surface area contributed by atoms with E-state index in [1.807, 2.05) is 36.4 Å². The molecular weight excluding hydrogens is 406 g/mol. The number of piperidine rings is 1. The highest BCUT2D eigenvalue weighted by Crippen LogP contribution is 2.26. The van der Waals surface area contributed by atoms with Crippen molar-refractivity contribution in [2.24, 2.45) is 5.16 Å². The number of aliphatic hydroxyl groups excluding tert-OH is 1. The molecule has 4 rings (SSSR count). The highest BCUT2D eigenvalue weighted by Gasteiger charge is 2.41. The van der Waals surface area contributed by atoms with E-state index in [-0.39, 0.29) is 24.5 Å². The summed E-state index contributed by atoms with van der Waals surface area (Å²) in [4.78, 5) is 34.9. The highest BCUT2D eigenvalue weighted by atomic mass is 16.6. The van der Waals surface area contributed by atoms with Crippen LogP contribution in [0.15, 0.2) is 53.7 Å². The Balaban J connectivity index is 1.55. The Labute approximate surface area is 188 Å². The fourth-order valence-electron chi connectivity index (χ4n) is 4.49. The van der Waals surface area contributed by atoms with Gasteiger partial charge in [-0.1, -0.05) is 41.6 Å². The highest BCUT2D eigenvalue weighted by molar-refractivity contribution is 6.05. The van der Waals surface area contributed by atoms with E-state index in [0.29, 0.717) is 43.6 Å². The minimum atomic E-state index is -0.609. The van der Waals surface area contributed by atoms with Crippen LogP contribution in [0.25, 0.3) is 11.1 Å². The summed E-state index contributed by atoms with van der Waals surface area (Å²) in [7, 11) is 1.46. The van der Waals surface area contributed by atoms with Gasteiger partial charge in [0.1, 0.15) is 13.2 Å². The van der Waals surface area contributed by atoms with Crippen LogP contribution in [0.4, 0.5) is 0 Å². The van der Waals surface area contributed by atoms with E-state index in [1.54, 1.807) is 9.80 Å². The van der Waals surface area contributed by atoms with Crippen LogP contribution >= 0.6 is 0 Å². The number of rotatable bonds is 4. The molecule has 7 nitrogen and oxygen atoms in total. The standard InChI is InChI=1S/C25H29N3O4/c1-17-5-3-4-6-22(17)18-7-9-19(10-8-18)24(30)28-16-20(26-32-2)15-23(28)25(31)27-13-11-21(29)12-14-27/h3-10,21,23,29H,11-16H2,1-2H3/t23-/m0/s1. The Bertz CT molecular complexity index is 1010. The molecule has 2 aromatic rings. The molecule has 2 aliphatic rings. The quantitative estimate of drug-likeness (QED) is 0.749. The van der Waals surface area contributed by atoms with Gasteiger partial charge >= 0.3 is 0 Å². The van der Waals surface area contributed by atoms with Gasteiger partial charge in [-0.05, 0) is 48.6 Å². The molecule has 0 radical (unpaired) electrons. The van der Waals surface area contributed by atoms with Crippen molar-refractivity contribution in [2.45, 2.75) is 38.3 Å². The first-order valence-corrected chi connectivity index (χ1v) is 11.0. The lowest BCUT2D eigenvalue weighted by molar-refractivity contribution is -0.137. The van der Waals surface area contributed by atoms with Gasteiger partial charge in [-0.2, -0.15) is 0 Å². The SMILES string of the molecule is CON=C1C[C@@H](C(=O)N2CCC(O)CC2)N(C(=O)c2ccc(-c3ccccc3C)cc2)C1. The smallest absolute Gasteiger partial charge is 0.254 e. The zero-order chi connectivity index (χ0) is 22.7. The largest absolute Gasteiger partial charge is 0.399 e. The Morgan fingerprint density at radius 1 is 1.06 bits per heavy atom. The van der Waals surface area contributed by atoms with Crippen molar-refractivity contribution in [1.29, 1.82) is 0 Å². The van der Waals surface area contributed by atoms with Gasteiger partial charge in [-0.15, -0.1) is 0 Å². The van der Waals surface area contributed by atoms with Crippen molar-refractivity contribution in [3.63, 3.8) is 0 Å². The average molecular weight is 436 g/mol. The van der Waals surface area contributed by atoms with E-state index in [9.17, 15) is 14.7 Å². The number of hydrogen-bond donors (Lipinski definition) is 1. The number of hydrogen-bond acceptors (Lipinski definition) is 5. The van der Waals surface area contributed by atoms with E-state index < -0.39 is 6.04 Å². The zero-order valence-corrected chi connectivity index (χ0v) is 18.5. The van der Waals surface area contributed by atoms with Crippen molar-refractivity contribution >= 4 is 17.5 Å². The van der Waals surface area contributed by atoms with Crippen molar-refractivity contribution in [3.05, 3.63) is 59.7 Å². The Kier molecular flexibility index (Phi) is 6.55. The third-order valence-electron chi connectivity index (χ3n) is 6.29. The maximum atomic E-state index is 13.4. The number of nitrogens with zero attached hydrogens (tertiary/aromatic N) is 3. The van der Waals surface area contributed by atoms with Crippen LogP contribution in [0, 0.1) is 6.92 Å². The van der Waals surface area contributed by atoms with E-state index >= 15 is 0 Å². The molecule has 2 aromatic carbocycles. The summed E-state index contributed by atoms with van der Waals surface area (Å²) < 4.78 is 0. The second kappa shape index (κ2) is 9.53. The van der Waals surface area contributed by atoms with Gasteiger partial charge in [0.15, 0.2) is 0 Å². The van der Waals surface area contributed by atoms with Gasteiger partial charge in [-0.3, -0.25) is 9.59 Å². The number of oxime groups is 1. The number of amides is 2. The van der Waals surface area contributed by atoms with Gasteiger partial charge in [0.2, 0.25) is 5.91 Å². The summed E-state index contributed by atoms with van der Waals surface area (Å²) in [5.41, 5.74) is 4.55. The summed E-state index contributed by atoms with van der Waals surface area (Å²) in [5, 5.41) is 13.8. The summed E-state index contributed by atoms with van der Waals surface area (Å²) in [6, 6.07) is 15.0. The molecule has 1 atom stereocenters. The molecular formula is C25H29N3O4. The van der Waals surface area contributed by atoms with E-state index in [1.165, 1.54) is 12.7 Å². The van der Waals surface area contributed by atoms with E-state index in [0.717, 1.165) is 11.1 Å². The molecule has 2 heterocycles. The number of carbonyl (C=O) groups excluding carboxylic acids is 2. The van der Waals surface area contributed by atoms with Gasteiger partial charge in [0, 0.05) is 25.1 Å². The van der Waals surface area contributed by atoms with Crippen LogP contribution in [0.1, 0.15) is 35.2 Å². The Hall–Kier alpha value is -3.19. The Morgan fingerprint density at radius 3 is 2.41 bits per heavy atom. The predicted octanol–water partition coefficient (Wildman–Crippen LogP) is 2.86. The van der Waals surface area contributed by atoms with Gasteiger partial charge < -0.3 is 19.7 Å². The molecule has 2 saturated heterocycles. The normalized spacial score (nSPS) is 20.6. The van der Waals surface area contributed by atoms with E-state index in [4.69, 9.17) is 4.84 Å². The molecule has 0 saturated carbocycles. The third-order valence-corrected chi connectivity index (χ3v) is 6.29. The monoisotopic (exact) mass is 435 g/mol. The third kappa shape index (κ3) is 4.53. The first-order valence-electron chi connectivity index (χ1n) is 11.0. The molecule has 7 heteroatoms. The summed E-state index contributed by atoms with van der Waals surface area (Å²) in [5.74, 6) is -0.291. The fraction of sp³-hybridized carbons (Fsp3) is 0.400. The summed E-state index contributed by atoms with van der Waals surface area (Å²) in [6.07, 6.45) is 1.12. The lowest BCUT2D eigenvalue weighted by atomic mass is 9.99. The Morgan fingerprint density at radius 2 is 1.75 bits per heavy atom. The molecule has 1 N–H and O–H groups in total. The van der Waals surface area contributed by atoms with Crippen LogP contribution in [0.3, 0.4) is 0 Å². The van der Waals surface area contributed by atoms with E-state index in [2.05, 4.69) is 24.2 Å². The van der Waals surface area contributed by atoms with Crippen LogP contribution < -0.4 is 0 Å². The first-order chi connectivity index (χ1) is 15.5. The second-order valence-electron chi connectivity index (χ2n) is 8.44. The molecule has 0 aliphatic carbocycles. The van der Waals surface area contributed by atoms with Crippen LogP contribution in [0.5, 0.6) is 0 Å². The predicted molar refractivity (Wildman–Crippen MR) is 122 cm³/mol. The number of benzene rings is 2. The van der Waals surface area contributed by atoms with Crippen LogP contribution in [0.2, 0.25) is 0 Å². The molecule has 0 aromatic heterocycles. The molecule has 32 heavy (non-hydrogen) atoms. The first kappa shape index (κ1) is 22.0. The van der Waals surface area contributed by atoms with Crippen LogP contribution in [-0.4, -0.2) is 71.3 Å². The number of carbonyl (C=O) groups is 2. The molecule has 0 bridgehead atoms. The summed E-state index contributed by atoms with van der Waals surface area (Å²) in [6.45, 7) is 3.32. The lowest BCUT2D eigenvalue weighted by Gasteiger charge is -2.33. The van der Waals surface area contributed by atoms with Crippen molar-refractivity contribution in [2.75, 3.05) is 26.7 Å². The minimum Gasteiger partial charge on any atom is -0.399 e. The molecule has 0 spiro atoms. The number of aliphatic hydroxyl groups is 1. The molecule has 2 fully saturated rings. The second-order valence-corrected chi connectivity index (χ2v) is 8.44. The van der Waals surface area contributed by atoms with Crippen molar-refractivity contribution in [1.82, 2.24) is 9.80 Å². The summed E-state index contributed by atoms with van der Waals surface area (Å²) >= 11 is 0. The lowest BCUT2D eigenvalue weighted by Crippen LogP contribution is -2.50. The molecule has 2 aliphatic heterocycles. The number of likely N-dealkylation sites (tertiary alicyclic amines) is 2. The molecule has 168 valence electrons. The van der Waals surface area contributed by atoms with Gasteiger partial charge in [0.05, 0.1) is 18.4 Å². The molecule has 2 amide bonds.